The van der Waals surface area contributed by atoms with Crippen molar-refractivity contribution in [2.45, 2.75) is 38.7 Å². The van der Waals surface area contributed by atoms with Gasteiger partial charge in [0.25, 0.3) is 0 Å². The highest BCUT2D eigenvalue weighted by atomic mass is 19.2. The highest BCUT2D eigenvalue weighted by molar-refractivity contribution is 5.65. The van der Waals surface area contributed by atoms with Gasteiger partial charge in [-0.25, -0.2) is 13.2 Å². The SMILES string of the molecule is CCCCCc1ccc(C#Cc2ccc(-c3ccc(C4CO4)c(F)c3)cc2)c(F)c1F. The van der Waals surface area contributed by atoms with Crippen LogP contribution in [0.3, 0.4) is 0 Å². The van der Waals surface area contributed by atoms with Crippen LogP contribution in [0.4, 0.5) is 13.2 Å². The Labute approximate surface area is 180 Å². The minimum absolute atomic E-state index is 0.0424. The van der Waals surface area contributed by atoms with Gasteiger partial charge in [-0.15, -0.1) is 0 Å². The zero-order valence-electron chi connectivity index (χ0n) is 17.4. The minimum Gasteiger partial charge on any atom is -0.368 e. The molecule has 0 spiro atoms. The summed E-state index contributed by atoms with van der Waals surface area (Å²) < 4.78 is 48.0. The first-order valence-electron chi connectivity index (χ1n) is 10.6. The Morgan fingerprint density at radius 3 is 2.29 bits per heavy atom. The third kappa shape index (κ3) is 5.00. The normalized spacial score (nSPS) is 14.8. The summed E-state index contributed by atoms with van der Waals surface area (Å²) in [6.07, 6.45) is 3.26. The van der Waals surface area contributed by atoms with Crippen molar-refractivity contribution < 1.29 is 17.9 Å². The van der Waals surface area contributed by atoms with Crippen molar-refractivity contribution in [3.63, 3.8) is 0 Å². The molecule has 0 aromatic heterocycles. The lowest BCUT2D eigenvalue weighted by atomic mass is 10.0. The Morgan fingerprint density at radius 1 is 0.871 bits per heavy atom. The van der Waals surface area contributed by atoms with Crippen LogP contribution in [-0.4, -0.2) is 6.61 Å². The number of ether oxygens (including phenoxy) is 1. The van der Waals surface area contributed by atoms with Crippen molar-refractivity contribution in [2.24, 2.45) is 0 Å². The van der Waals surface area contributed by atoms with Crippen LogP contribution in [-0.2, 0) is 11.2 Å². The molecule has 1 fully saturated rings. The molecule has 1 heterocycles. The molecular weight excluding hydrogens is 397 g/mol. The molecule has 1 aliphatic heterocycles. The van der Waals surface area contributed by atoms with Gasteiger partial charge >= 0.3 is 0 Å². The molecule has 1 aliphatic rings. The van der Waals surface area contributed by atoms with Gasteiger partial charge in [-0.05, 0) is 53.8 Å². The van der Waals surface area contributed by atoms with E-state index in [2.05, 4.69) is 18.8 Å². The fourth-order valence-electron chi connectivity index (χ4n) is 3.53. The average molecular weight is 420 g/mol. The van der Waals surface area contributed by atoms with Gasteiger partial charge in [-0.3, -0.25) is 0 Å². The van der Waals surface area contributed by atoms with Crippen molar-refractivity contribution in [1.29, 1.82) is 0 Å². The Bertz CT molecular complexity index is 1140. The van der Waals surface area contributed by atoms with Gasteiger partial charge in [0.1, 0.15) is 11.9 Å². The van der Waals surface area contributed by atoms with Gasteiger partial charge in [0.15, 0.2) is 11.6 Å². The molecule has 0 N–H and O–H groups in total. The maximum Gasteiger partial charge on any atom is 0.174 e. The first-order valence-corrected chi connectivity index (χ1v) is 10.6. The molecule has 4 rings (SSSR count). The second kappa shape index (κ2) is 9.41. The minimum atomic E-state index is -0.895. The summed E-state index contributed by atoms with van der Waals surface area (Å²) in [7, 11) is 0. The van der Waals surface area contributed by atoms with Crippen molar-refractivity contribution in [1.82, 2.24) is 0 Å². The number of halogens is 3. The first kappa shape index (κ1) is 21.2. The summed E-state index contributed by atoms with van der Waals surface area (Å²) in [4.78, 5) is 0. The number of hydrogen-bond donors (Lipinski definition) is 0. The molecule has 0 bridgehead atoms. The van der Waals surface area contributed by atoms with E-state index in [9.17, 15) is 13.2 Å². The topological polar surface area (TPSA) is 12.5 Å². The fraction of sp³-hybridized carbons (Fsp3) is 0.259. The Morgan fingerprint density at radius 2 is 1.61 bits per heavy atom. The molecule has 4 heteroatoms. The molecule has 0 aliphatic carbocycles. The predicted octanol–water partition coefficient (Wildman–Crippen LogP) is 6.97. The molecule has 1 atom stereocenters. The quantitative estimate of drug-likeness (QED) is 0.238. The highest BCUT2D eigenvalue weighted by Gasteiger charge is 2.27. The van der Waals surface area contributed by atoms with Crippen molar-refractivity contribution in [3.05, 3.63) is 94.3 Å². The van der Waals surface area contributed by atoms with Crippen molar-refractivity contribution >= 4 is 0 Å². The Kier molecular flexibility index (Phi) is 6.44. The number of hydrogen-bond acceptors (Lipinski definition) is 1. The first-order chi connectivity index (χ1) is 15.1. The summed E-state index contributed by atoms with van der Waals surface area (Å²) in [5.74, 6) is 3.62. The molecular formula is C27H23F3O. The largest absolute Gasteiger partial charge is 0.368 e. The van der Waals surface area contributed by atoms with Crippen LogP contribution in [0.1, 0.15) is 54.5 Å². The average Bonchev–Trinajstić information content (AvgIpc) is 3.62. The summed E-state index contributed by atoms with van der Waals surface area (Å²) in [6.45, 7) is 2.64. The number of benzene rings is 3. The summed E-state index contributed by atoms with van der Waals surface area (Å²) >= 11 is 0. The second-order valence-corrected chi connectivity index (χ2v) is 7.74. The van der Waals surface area contributed by atoms with E-state index >= 15 is 0 Å². The van der Waals surface area contributed by atoms with Crippen LogP contribution in [0, 0.1) is 29.3 Å². The number of unbranched alkanes of at least 4 members (excludes halogenated alkanes) is 2. The van der Waals surface area contributed by atoms with Crippen LogP contribution < -0.4 is 0 Å². The maximum atomic E-state index is 14.4. The third-order valence-corrected chi connectivity index (χ3v) is 5.45. The van der Waals surface area contributed by atoms with E-state index in [1.54, 1.807) is 24.3 Å². The zero-order chi connectivity index (χ0) is 21.8. The lowest BCUT2D eigenvalue weighted by Gasteiger charge is -2.05. The second-order valence-electron chi connectivity index (χ2n) is 7.74. The summed E-state index contributed by atoms with van der Waals surface area (Å²) in [5.41, 5.74) is 3.29. The standard InChI is InChI=1S/C27H23F3O/c1-2-3-4-5-20-12-13-21(27(30)26(20)29)11-8-18-6-9-19(10-7-18)22-14-15-23(24(28)16-22)25-17-31-25/h6-7,9-10,12-16,25H,2-5,17H2,1H3. The highest BCUT2D eigenvalue weighted by Crippen LogP contribution is 2.33. The summed E-state index contributed by atoms with van der Waals surface area (Å²) in [5, 5.41) is 0. The lowest BCUT2D eigenvalue weighted by Crippen LogP contribution is -1.98. The van der Waals surface area contributed by atoms with Crippen LogP contribution in [0.15, 0.2) is 54.6 Å². The van der Waals surface area contributed by atoms with Gasteiger partial charge in [-0.1, -0.05) is 61.9 Å². The number of rotatable bonds is 6. The van der Waals surface area contributed by atoms with Crippen LogP contribution in [0.25, 0.3) is 11.1 Å². The van der Waals surface area contributed by atoms with E-state index in [0.29, 0.717) is 29.7 Å². The van der Waals surface area contributed by atoms with E-state index in [0.717, 1.165) is 30.4 Å². The van der Waals surface area contributed by atoms with Gasteiger partial charge < -0.3 is 4.74 Å². The van der Waals surface area contributed by atoms with E-state index in [1.807, 2.05) is 18.2 Å². The monoisotopic (exact) mass is 420 g/mol. The molecule has 31 heavy (non-hydrogen) atoms. The van der Waals surface area contributed by atoms with Crippen molar-refractivity contribution in [3.8, 4) is 23.0 Å². The lowest BCUT2D eigenvalue weighted by molar-refractivity contribution is 0.408. The van der Waals surface area contributed by atoms with Crippen molar-refractivity contribution in [2.75, 3.05) is 6.61 Å². The Balaban J connectivity index is 1.49. The molecule has 0 amide bonds. The van der Waals surface area contributed by atoms with E-state index in [4.69, 9.17) is 4.74 Å². The third-order valence-electron chi connectivity index (χ3n) is 5.45. The molecule has 1 saturated heterocycles. The van der Waals surface area contributed by atoms with Gasteiger partial charge in [0.05, 0.1) is 12.2 Å². The Hall–Kier alpha value is -3.03. The zero-order valence-corrected chi connectivity index (χ0v) is 17.4. The smallest absolute Gasteiger partial charge is 0.174 e. The van der Waals surface area contributed by atoms with Crippen LogP contribution in [0.2, 0.25) is 0 Å². The molecule has 0 saturated carbocycles. The predicted molar refractivity (Wildman–Crippen MR) is 116 cm³/mol. The molecule has 1 nitrogen and oxygen atoms in total. The van der Waals surface area contributed by atoms with Crippen LogP contribution in [0.5, 0.6) is 0 Å². The molecule has 0 radical (unpaired) electrons. The van der Waals surface area contributed by atoms with E-state index < -0.39 is 11.6 Å². The summed E-state index contributed by atoms with van der Waals surface area (Å²) in [6, 6.07) is 15.5. The molecule has 3 aromatic rings. The molecule has 3 aromatic carbocycles. The van der Waals surface area contributed by atoms with Crippen LogP contribution >= 0.6 is 0 Å². The number of epoxide rings is 1. The van der Waals surface area contributed by atoms with E-state index in [1.165, 1.54) is 12.1 Å². The maximum absolute atomic E-state index is 14.4. The number of aryl methyl sites for hydroxylation is 1. The molecule has 1 unspecified atom stereocenters. The van der Waals surface area contributed by atoms with E-state index in [-0.39, 0.29) is 17.5 Å². The molecule has 158 valence electrons. The van der Waals surface area contributed by atoms with Gasteiger partial charge in [-0.2, -0.15) is 0 Å². The van der Waals surface area contributed by atoms with Gasteiger partial charge in [0, 0.05) is 11.1 Å². The fourth-order valence-corrected chi connectivity index (χ4v) is 3.53. The van der Waals surface area contributed by atoms with Gasteiger partial charge in [0.2, 0.25) is 0 Å².